The fourth-order valence-electron chi connectivity index (χ4n) is 3.39. The number of esters is 1. The molecule has 0 atom stereocenters. The van der Waals surface area contributed by atoms with E-state index in [0.29, 0.717) is 16.3 Å². The van der Waals surface area contributed by atoms with E-state index in [9.17, 15) is 14.4 Å². The van der Waals surface area contributed by atoms with Gasteiger partial charge in [-0.15, -0.1) is 0 Å². The van der Waals surface area contributed by atoms with Gasteiger partial charge in [0.15, 0.2) is 11.5 Å². The van der Waals surface area contributed by atoms with E-state index in [1.807, 2.05) is 30.3 Å². The minimum absolute atomic E-state index is 0.142. The first-order valence-electron chi connectivity index (χ1n) is 10.8. The number of hydrogen-bond acceptors (Lipinski definition) is 6. The van der Waals surface area contributed by atoms with Gasteiger partial charge in [-0.3, -0.25) is 9.59 Å². The van der Waals surface area contributed by atoms with E-state index in [-0.39, 0.29) is 22.1 Å². The van der Waals surface area contributed by atoms with Crippen molar-refractivity contribution in [2.24, 2.45) is 5.10 Å². The molecule has 0 saturated heterocycles. The number of hydrogen-bond donors (Lipinski definition) is 2. The number of amides is 2. The summed E-state index contributed by atoms with van der Waals surface area (Å²) in [7, 11) is 1.41. The molecule has 0 radical (unpaired) electrons. The smallest absolute Gasteiger partial charge is 0.345 e. The maximum atomic E-state index is 12.5. The van der Waals surface area contributed by atoms with Crippen LogP contribution < -0.4 is 20.2 Å². The van der Waals surface area contributed by atoms with Crippen molar-refractivity contribution in [1.82, 2.24) is 5.43 Å². The standard InChI is InChI=1S/C27H19Cl2N3O5/c1-36-24-13-16(9-12-23(24)37-27(35)20-11-10-18(28)14-21(20)29)15-30-32-26(34)25(33)31-22-8-4-6-17-5-2-3-7-19(17)22/h2-15H,1H3,(H,31,33)(H,32,34)/b30-15-. The van der Waals surface area contributed by atoms with E-state index >= 15 is 0 Å². The Balaban J connectivity index is 1.39. The van der Waals surface area contributed by atoms with Crippen molar-refractivity contribution in [3.05, 3.63) is 100 Å². The van der Waals surface area contributed by atoms with Crippen LogP contribution in [0.5, 0.6) is 11.5 Å². The normalized spacial score (nSPS) is 10.8. The lowest BCUT2D eigenvalue weighted by Crippen LogP contribution is -2.32. The number of nitrogens with one attached hydrogen (secondary N) is 2. The van der Waals surface area contributed by atoms with Crippen LogP contribution in [0.4, 0.5) is 5.69 Å². The molecule has 0 heterocycles. The Hall–Kier alpha value is -4.40. The highest BCUT2D eigenvalue weighted by molar-refractivity contribution is 6.40. The summed E-state index contributed by atoms with van der Waals surface area (Å²) in [5, 5.41) is 8.69. The predicted octanol–water partition coefficient (Wildman–Crippen LogP) is 5.46. The maximum Gasteiger partial charge on any atom is 0.345 e. The highest BCUT2D eigenvalue weighted by Gasteiger charge is 2.17. The molecular formula is C27H19Cl2N3O5. The molecule has 0 aliphatic heterocycles. The largest absolute Gasteiger partial charge is 0.493 e. The molecule has 4 rings (SSSR count). The number of fused-ring (bicyclic) bond motifs is 1. The summed E-state index contributed by atoms with van der Waals surface area (Å²) in [5.41, 5.74) is 3.35. The van der Waals surface area contributed by atoms with Crippen molar-refractivity contribution in [2.45, 2.75) is 0 Å². The second-order valence-corrected chi connectivity index (χ2v) is 8.45. The summed E-state index contributed by atoms with van der Waals surface area (Å²) in [6.07, 6.45) is 1.31. The van der Waals surface area contributed by atoms with Gasteiger partial charge in [0.05, 0.1) is 23.9 Å². The molecule has 0 fully saturated rings. The summed E-state index contributed by atoms with van der Waals surface area (Å²) in [6.45, 7) is 0. The molecule has 0 aromatic heterocycles. The molecule has 0 aliphatic rings. The van der Waals surface area contributed by atoms with Gasteiger partial charge in [-0.05, 0) is 53.4 Å². The number of halogens is 2. The quantitative estimate of drug-likeness (QED) is 0.112. The number of benzene rings is 4. The van der Waals surface area contributed by atoms with Gasteiger partial charge in [-0.25, -0.2) is 10.2 Å². The van der Waals surface area contributed by atoms with E-state index in [0.717, 1.165) is 10.8 Å². The number of carbonyl (C=O) groups is 3. The highest BCUT2D eigenvalue weighted by atomic mass is 35.5. The van der Waals surface area contributed by atoms with Gasteiger partial charge in [0, 0.05) is 16.1 Å². The van der Waals surface area contributed by atoms with Crippen molar-refractivity contribution in [3.8, 4) is 11.5 Å². The molecule has 4 aromatic carbocycles. The minimum atomic E-state index is -0.943. The molecule has 186 valence electrons. The second-order valence-electron chi connectivity index (χ2n) is 7.60. The Morgan fingerprint density at radius 3 is 2.43 bits per heavy atom. The van der Waals surface area contributed by atoms with Gasteiger partial charge in [-0.2, -0.15) is 5.10 Å². The summed E-state index contributed by atoms with van der Waals surface area (Å²) in [5.74, 6) is -2.11. The molecule has 2 N–H and O–H groups in total. The molecule has 8 nitrogen and oxygen atoms in total. The van der Waals surface area contributed by atoms with Crippen molar-refractivity contribution in [3.63, 3.8) is 0 Å². The molecule has 4 aromatic rings. The second kappa shape index (κ2) is 11.6. The van der Waals surface area contributed by atoms with Gasteiger partial charge < -0.3 is 14.8 Å². The number of rotatable bonds is 6. The molecule has 2 amide bonds. The van der Waals surface area contributed by atoms with Gasteiger partial charge >= 0.3 is 17.8 Å². The number of nitrogens with zero attached hydrogens (tertiary/aromatic N) is 1. The Labute approximate surface area is 221 Å². The molecule has 0 unspecified atom stereocenters. The van der Waals surface area contributed by atoms with Gasteiger partial charge in [-0.1, -0.05) is 59.6 Å². The van der Waals surface area contributed by atoms with Crippen LogP contribution in [0.1, 0.15) is 15.9 Å². The number of anilines is 1. The third-order valence-corrected chi connectivity index (χ3v) is 5.71. The molecule has 0 saturated carbocycles. The average Bonchev–Trinajstić information content (AvgIpc) is 2.89. The van der Waals surface area contributed by atoms with Crippen LogP contribution in [-0.4, -0.2) is 31.1 Å². The van der Waals surface area contributed by atoms with Crippen LogP contribution in [0.15, 0.2) is 84.0 Å². The minimum Gasteiger partial charge on any atom is -0.493 e. The SMILES string of the molecule is COc1cc(/C=N\NC(=O)C(=O)Nc2cccc3ccccc23)ccc1OC(=O)c1ccc(Cl)cc1Cl. The Bertz CT molecular complexity index is 1530. The van der Waals surface area contributed by atoms with E-state index in [1.54, 1.807) is 18.2 Å². The molecule has 0 bridgehead atoms. The van der Waals surface area contributed by atoms with E-state index in [1.165, 1.54) is 43.7 Å². The fourth-order valence-corrected chi connectivity index (χ4v) is 3.87. The first-order valence-corrected chi connectivity index (χ1v) is 11.6. The molecular weight excluding hydrogens is 517 g/mol. The molecule has 37 heavy (non-hydrogen) atoms. The number of methoxy groups -OCH3 is 1. The van der Waals surface area contributed by atoms with Crippen molar-refractivity contribution < 1.29 is 23.9 Å². The topological polar surface area (TPSA) is 106 Å². The Kier molecular flexibility index (Phi) is 8.02. The zero-order valence-electron chi connectivity index (χ0n) is 19.3. The zero-order chi connectivity index (χ0) is 26.4. The molecule has 10 heteroatoms. The summed E-state index contributed by atoms with van der Waals surface area (Å²) < 4.78 is 10.7. The van der Waals surface area contributed by atoms with E-state index in [2.05, 4.69) is 15.8 Å². The highest BCUT2D eigenvalue weighted by Crippen LogP contribution is 2.30. The van der Waals surface area contributed by atoms with Crippen molar-refractivity contribution >= 4 is 63.7 Å². The average molecular weight is 536 g/mol. The van der Waals surface area contributed by atoms with Crippen LogP contribution in [0, 0.1) is 0 Å². The van der Waals surface area contributed by atoms with Crippen LogP contribution in [-0.2, 0) is 9.59 Å². The number of ether oxygens (including phenoxy) is 2. The fraction of sp³-hybridized carbons (Fsp3) is 0.0370. The van der Waals surface area contributed by atoms with E-state index < -0.39 is 17.8 Å². The number of hydrazone groups is 1. The van der Waals surface area contributed by atoms with Crippen LogP contribution in [0.2, 0.25) is 10.0 Å². The lowest BCUT2D eigenvalue weighted by atomic mass is 10.1. The van der Waals surface area contributed by atoms with E-state index in [4.69, 9.17) is 32.7 Å². The van der Waals surface area contributed by atoms with Crippen LogP contribution in [0.25, 0.3) is 10.8 Å². The monoisotopic (exact) mass is 535 g/mol. The zero-order valence-corrected chi connectivity index (χ0v) is 20.8. The molecule has 0 spiro atoms. The lowest BCUT2D eigenvalue weighted by Gasteiger charge is -2.10. The first-order chi connectivity index (χ1) is 17.9. The third kappa shape index (κ3) is 6.24. The summed E-state index contributed by atoms with van der Waals surface area (Å²) >= 11 is 11.9. The summed E-state index contributed by atoms with van der Waals surface area (Å²) in [4.78, 5) is 37.0. The third-order valence-electron chi connectivity index (χ3n) is 5.17. The van der Waals surface area contributed by atoms with Gasteiger partial charge in [0.1, 0.15) is 0 Å². The summed E-state index contributed by atoms with van der Waals surface area (Å²) in [6, 6.07) is 21.9. The van der Waals surface area contributed by atoms with Crippen LogP contribution >= 0.6 is 23.2 Å². The Morgan fingerprint density at radius 2 is 1.65 bits per heavy atom. The van der Waals surface area contributed by atoms with Gasteiger partial charge in [0.25, 0.3) is 0 Å². The van der Waals surface area contributed by atoms with Crippen molar-refractivity contribution in [1.29, 1.82) is 0 Å². The Morgan fingerprint density at radius 1 is 0.865 bits per heavy atom. The van der Waals surface area contributed by atoms with Gasteiger partial charge in [0.2, 0.25) is 0 Å². The van der Waals surface area contributed by atoms with Crippen molar-refractivity contribution in [2.75, 3.05) is 12.4 Å². The number of carbonyl (C=O) groups excluding carboxylic acids is 3. The first kappa shape index (κ1) is 25.7. The lowest BCUT2D eigenvalue weighted by molar-refractivity contribution is -0.136. The maximum absolute atomic E-state index is 12.5. The predicted molar refractivity (Wildman–Crippen MR) is 143 cm³/mol. The molecule has 0 aliphatic carbocycles. The van der Waals surface area contributed by atoms with Crippen LogP contribution in [0.3, 0.4) is 0 Å².